The summed E-state index contributed by atoms with van der Waals surface area (Å²) in [6.07, 6.45) is 0.497. The van der Waals surface area contributed by atoms with Gasteiger partial charge in [-0.1, -0.05) is 6.92 Å². The Kier molecular flexibility index (Phi) is 7.88. The van der Waals surface area contributed by atoms with Crippen molar-refractivity contribution in [1.29, 1.82) is 0 Å². The minimum absolute atomic E-state index is 0.0935. The van der Waals surface area contributed by atoms with Crippen molar-refractivity contribution in [2.75, 3.05) is 11.1 Å². The van der Waals surface area contributed by atoms with E-state index in [0.717, 1.165) is 24.3 Å². The number of nitrogens with two attached hydrogens (primary N) is 1. The second-order valence-corrected chi connectivity index (χ2v) is 12.8. The van der Waals surface area contributed by atoms with Crippen LogP contribution in [0.3, 0.4) is 0 Å². The predicted octanol–water partition coefficient (Wildman–Crippen LogP) is 3.08. The summed E-state index contributed by atoms with van der Waals surface area (Å²) in [6.45, 7) is 3.45. The van der Waals surface area contributed by atoms with Crippen LogP contribution in [0.15, 0.2) is 61.3 Å². The van der Waals surface area contributed by atoms with Gasteiger partial charge in [0.25, 0.3) is 30.4 Å². The lowest BCUT2D eigenvalue weighted by Crippen LogP contribution is -2.06. The van der Waals surface area contributed by atoms with Gasteiger partial charge in [-0.3, -0.25) is 13.7 Å². The largest absolute Gasteiger partial charge is 0.507 e. The first-order chi connectivity index (χ1) is 19.4. The molecule has 20 heteroatoms. The van der Waals surface area contributed by atoms with E-state index in [0.29, 0.717) is 24.1 Å². The molecule has 3 aromatic carbocycles. The van der Waals surface area contributed by atoms with Crippen molar-refractivity contribution in [3.8, 4) is 5.75 Å². The number of phenols is 1. The number of aryl methyl sites for hydroxylation is 2. The zero-order valence-corrected chi connectivity index (χ0v) is 23.9. The molecule has 222 valence electrons. The number of nitrogens with one attached hydrogen (secondary N) is 1. The van der Waals surface area contributed by atoms with Crippen molar-refractivity contribution in [1.82, 2.24) is 15.0 Å². The van der Waals surface area contributed by atoms with Gasteiger partial charge in [-0.25, -0.2) is 4.98 Å². The lowest BCUT2D eigenvalue weighted by Gasteiger charge is -2.12. The fourth-order valence-electron chi connectivity index (χ4n) is 3.80. The Labute approximate surface area is 238 Å². The van der Waals surface area contributed by atoms with Crippen LogP contribution in [0, 0.1) is 6.92 Å². The number of aromatic nitrogens is 3. The summed E-state index contributed by atoms with van der Waals surface area (Å²) >= 11 is 0. The average Bonchev–Trinajstić information content (AvgIpc) is 2.86. The maximum absolute atomic E-state index is 12.2. The van der Waals surface area contributed by atoms with E-state index >= 15 is 0 Å². The fourth-order valence-corrected chi connectivity index (χ4v) is 5.63. The zero-order valence-electron chi connectivity index (χ0n) is 21.4. The number of nitrogen functional groups attached to an aromatic ring is 1. The van der Waals surface area contributed by atoms with E-state index in [2.05, 4.69) is 30.5 Å². The van der Waals surface area contributed by atoms with Crippen molar-refractivity contribution in [2.24, 2.45) is 10.2 Å². The number of anilines is 3. The summed E-state index contributed by atoms with van der Waals surface area (Å²) in [5, 5.41) is 20.1. The summed E-state index contributed by atoms with van der Waals surface area (Å²) in [4.78, 5) is 9.91. The molecule has 7 N–H and O–H groups in total. The first-order valence-electron chi connectivity index (χ1n) is 11.4. The number of aromatic hydroxyl groups is 1. The second kappa shape index (κ2) is 10.8. The van der Waals surface area contributed by atoms with Crippen LogP contribution in [-0.4, -0.2) is 59.0 Å². The van der Waals surface area contributed by atoms with E-state index in [1.54, 1.807) is 6.92 Å². The highest BCUT2D eigenvalue weighted by Crippen LogP contribution is 2.44. The third kappa shape index (κ3) is 6.42. The summed E-state index contributed by atoms with van der Waals surface area (Å²) < 4.78 is 100. The zero-order chi connectivity index (χ0) is 31.2. The molecular formula is C22H21N7O10S3. The molecule has 0 atom stereocenters. The molecule has 4 aromatic rings. The molecule has 4 rings (SSSR count). The number of azo groups is 1. The molecule has 0 aliphatic rings. The normalized spacial score (nSPS) is 12.7. The number of hydrogen-bond acceptors (Lipinski definition) is 14. The number of phenolic OH excluding ortho intramolecular Hbond substituents is 1. The van der Waals surface area contributed by atoms with Crippen LogP contribution in [-0.2, 0) is 36.8 Å². The van der Waals surface area contributed by atoms with Gasteiger partial charge in [-0.2, -0.15) is 35.2 Å². The highest BCUT2D eigenvalue weighted by atomic mass is 32.2. The number of fused-ring (bicyclic) bond motifs is 1. The molecule has 0 fully saturated rings. The van der Waals surface area contributed by atoms with Gasteiger partial charge in [0.05, 0.1) is 16.0 Å². The van der Waals surface area contributed by atoms with Crippen molar-refractivity contribution in [2.45, 2.75) is 35.0 Å². The van der Waals surface area contributed by atoms with Gasteiger partial charge in [0.15, 0.2) is 0 Å². The highest BCUT2D eigenvalue weighted by molar-refractivity contribution is 7.86. The summed E-state index contributed by atoms with van der Waals surface area (Å²) in [6, 6.07) is 5.56. The fraction of sp³-hybridized carbons (Fsp3) is 0.136. The van der Waals surface area contributed by atoms with Gasteiger partial charge in [0.2, 0.25) is 5.95 Å². The molecule has 0 spiro atoms. The Morgan fingerprint density at radius 2 is 1.52 bits per heavy atom. The van der Waals surface area contributed by atoms with E-state index in [4.69, 9.17) is 5.73 Å². The molecule has 1 heterocycles. The molecule has 0 saturated heterocycles. The average molecular weight is 640 g/mol. The number of hydrogen-bond donors (Lipinski definition) is 6. The van der Waals surface area contributed by atoms with Gasteiger partial charge < -0.3 is 16.2 Å². The Morgan fingerprint density at radius 1 is 0.857 bits per heavy atom. The Balaban J connectivity index is 1.90. The van der Waals surface area contributed by atoms with Crippen molar-refractivity contribution >= 4 is 69.8 Å². The quantitative estimate of drug-likeness (QED) is 0.0917. The molecule has 0 aliphatic carbocycles. The molecule has 0 bridgehead atoms. The Hall–Kier alpha value is -4.34. The van der Waals surface area contributed by atoms with Gasteiger partial charge in [0, 0.05) is 18.2 Å². The van der Waals surface area contributed by atoms with Gasteiger partial charge in [0.1, 0.15) is 38.6 Å². The van der Waals surface area contributed by atoms with Crippen LogP contribution >= 0.6 is 0 Å². The molecule has 0 radical (unpaired) electrons. The van der Waals surface area contributed by atoms with Gasteiger partial charge >= 0.3 is 0 Å². The van der Waals surface area contributed by atoms with Crippen molar-refractivity contribution < 1.29 is 44.0 Å². The van der Waals surface area contributed by atoms with E-state index in [1.807, 2.05) is 6.92 Å². The van der Waals surface area contributed by atoms with Gasteiger partial charge in [-0.15, -0.1) is 10.2 Å². The molecule has 0 amide bonds. The molecule has 1 aromatic heterocycles. The maximum Gasteiger partial charge on any atom is 0.296 e. The standard InChI is InChI=1S/C22H21N7O10S3/c1-3-18-24-10(2)25-22(27-18)26-12-4-5-14(16(8-12)41(34,35)36)28-29-21-19-11(7-17(20(21)23)42(37,38)39)6-13(9-15(19)30)40(31,32)33/h4-9,30H,3,23H2,1-2H3,(H,31,32,33)(H,34,35,36)(H,37,38,39)(H,24,25,26,27). The number of nitrogens with zero attached hydrogens (tertiary/aromatic N) is 5. The molecule has 42 heavy (non-hydrogen) atoms. The summed E-state index contributed by atoms with van der Waals surface area (Å²) in [7, 11) is -14.9. The Morgan fingerprint density at radius 3 is 2.12 bits per heavy atom. The third-order valence-electron chi connectivity index (χ3n) is 5.60. The SMILES string of the molecule is CCc1nc(C)nc(Nc2ccc(N=Nc3c(N)c(S(=O)(=O)O)cc4cc(S(=O)(=O)O)cc(O)c34)c(S(=O)(=O)O)c2)n1. The molecule has 0 unspecified atom stereocenters. The number of rotatable bonds is 8. The molecule has 0 aliphatic heterocycles. The minimum Gasteiger partial charge on any atom is -0.507 e. The smallest absolute Gasteiger partial charge is 0.296 e. The second-order valence-electron chi connectivity index (χ2n) is 8.59. The summed E-state index contributed by atoms with van der Waals surface area (Å²) in [5.41, 5.74) is 4.18. The van der Waals surface area contributed by atoms with Crippen LogP contribution in [0.5, 0.6) is 5.75 Å². The lowest BCUT2D eigenvalue weighted by atomic mass is 10.1. The maximum atomic E-state index is 12.2. The first-order valence-corrected chi connectivity index (χ1v) is 15.8. The van der Waals surface area contributed by atoms with E-state index in [9.17, 15) is 44.0 Å². The first kappa shape index (κ1) is 30.6. The minimum atomic E-state index is -5.05. The van der Waals surface area contributed by atoms with E-state index in [1.165, 1.54) is 6.07 Å². The summed E-state index contributed by atoms with van der Waals surface area (Å²) in [5.74, 6) is 0.121. The lowest BCUT2D eigenvalue weighted by molar-refractivity contribution is 0.471. The van der Waals surface area contributed by atoms with Crippen LogP contribution < -0.4 is 11.1 Å². The van der Waals surface area contributed by atoms with Crippen LogP contribution in [0.25, 0.3) is 10.8 Å². The van der Waals surface area contributed by atoms with Gasteiger partial charge in [-0.05, 0) is 42.6 Å². The van der Waals surface area contributed by atoms with E-state index in [-0.39, 0.29) is 22.4 Å². The molecular weight excluding hydrogens is 618 g/mol. The Bertz CT molecular complexity index is 2120. The van der Waals surface area contributed by atoms with Crippen molar-refractivity contribution in [3.05, 3.63) is 48.0 Å². The van der Waals surface area contributed by atoms with E-state index < -0.39 is 67.9 Å². The van der Waals surface area contributed by atoms with Crippen LogP contribution in [0.1, 0.15) is 18.6 Å². The van der Waals surface area contributed by atoms with Crippen molar-refractivity contribution in [3.63, 3.8) is 0 Å². The van der Waals surface area contributed by atoms with Crippen LogP contribution in [0.4, 0.5) is 28.7 Å². The molecule has 17 nitrogen and oxygen atoms in total. The molecule has 0 saturated carbocycles. The third-order valence-corrected chi connectivity index (χ3v) is 8.21. The predicted molar refractivity (Wildman–Crippen MR) is 147 cm³/mol. The topological polar surface area (TPSA) is 285 Å². The number of benzene rings is 3. The highest BCUT2D eigenvalue weighted by Gasteiger charge is 2.24. The monoisotopic (exact) mass is 639 g/mol. The van der Waals surface area contributed by atoms with Crippen LogP contribution in [0.2, 0.25) is 0 Å².